The van der Waals surface area contributed by atoms with Gasteiger partial charge in [0.25, 0.3) is 0 Å². The molecule has 17 heavy (non-hydrogen) atoms. The second-order valence-electron chi connectivity index (χ2n) is 5.21. The highest BCUT2D eigenvalue weighted by molar-refractivity contribution is 5.28. The van der Waals surface area contributed by atoms with E-state index in [-0.39, 0.29) is 0 Å². The number of nitrogens with one attached hydrogen (secondary N) is 2. The van der Waals surface area contributed by atoms with Gasteiger partial charge < -0.3 is 10.6 Å². The number of hydrogen-bond donors (Lipinski definition) is 2. The van der Waals surface area contributed by atoms with Gasteiger partial charge in [-0.05, 0) is 44.5 Å². The molecule has 1 aromatic carbocycles. The Balaban J connectivity index is 2.17. The van der Waals surface area contributed by atoms with E-state index < -0.39 is 0 Å². The van der Waals surface area contributed by atoms with Crippen LogP contribution in [0.25, 0.3) is 0 Å². The van der Waals surface area contributed by atoms with Gasteiger partial charge in [0.1, 0.15) is 0 Å². The summed E-state index contributed by atoms with van der Waals surface area (Å²) in [6.45, 7) is 3.31. The lowest BCUT2D eigenvalue weighted by Gasteiger charge is -2.27. The van der Waals surface area contributed by atoms with Crippen LogP contribution in [-0.4, -0.2) is 20.6 Å². The van der Waals surface area contributed by atoms with Crippen LogP contribution in [0.15, 0.2) is 24.3 Å². The first-order valence-corrected chi connectivity index (χ1v) is 6.66. The zero-order chi connectivity index (χ0) is 12.3. The lowest BCUT2D eigenvalue weighted by molar-refractivity contribution is 0.347. The molecule has 1 unspecified atom stereocenters. The van der Waals surface area contributed by atoms with E-state index in [1.54, 1.807) is 0 Å². The fraction of sp³-hybridized carbons (Fsp3) is 0.600. The van der Waals surface area contributed by atoms with E-state index in [4.69, 9.17) is 0 Å². The number of benzene rings is 1. The van der Waals surface area contributed by atoms with Crippen molar-refractivity contribution in [1.82, 2.24) is 10.6 Å². The standard InChI is InChI=1S/C15H24N2/c1-4-12-5-7-13(8-6-12)14(17-3)15(9-10-15)11-16-2/h5-8,14,16-17H,4,9-11H2,1-3H3. The predicted molar refractivity (Wildman–Crippen MR) is 73.2 cm³/mol. The van der Waals surface area contributed by atoms with Gasteiger partial charge in [0, 0.05) is 18.0 Å². The van der Waals surface area contributed by atoms with Crippen LogP contribution in [-0.2, 0) is 6.42 Å². The largest absolute Gasteiger partial charge is 0.319 e. The van der Waals surface area contributed by atoms with Crippen LogP contribution in [0.2, 0.25) is 0 Å². The van der Waals surface area contributed by atoms with Crippen LogP contribution in [0.1, 0.15) is 36.9 Å². The van der Waals surface area contributed by atoms with Gasteiger partial charge in [-0.15, -0.1) is 0 Å². The molecule has 1 atom stereocenters. The summed E-state index contributed by atoms with van der Waals surface area (Å²) in [5.74, 6) is 0. The zero-order valence-electron chi connectivity index (χ0n) is 11.2. The summed E-state index contributed by atoms with van der Waals surface area (Å²) >= 11 is 0. The smallest absolute Gasteiger partial charge is 0.0386 e. The van der Waals surface area contributed by atoms with Gasteiger partial charge in [-0.25, -0.2) is 0 Å². The third-order valence-corrected chi connectivity index (χ3v) is 4.04. The lowest BCUT2D eigenvalue weighted by Crippen LogP contribution is -2.33. The minimum Gasteiger partial charge on any atom is -0.319 e. The minimum absolute atomic E-state index is 0.442. The molecule has 0 aromatic heterocycles. The number of hydrogen-bond acceptors (Lipinski definition) is 2. The number of aryl methyl sites for hydroxylation is 1. The van der Waals surface area contributed by atoms with Gasteiger partial charge in [0.15, 0.2) is 0 Å². The molecule has 0 spiro atoms. The first-order valence-electron chi connectivity index (χ1n) is 6.66. The maximum atomic E-state index is 3.50. The Morgan fingerprint density at radius 3 is 2.24 bits per heavy atom. The molecule has 0 radical (unpaired) electrons. The van der Waals surface area contributed by atoms with Gasteiger partial charge in [-0.2, -0.15) is 0 Å². The van der Waals surface area contributed by atoms with Crippen LogP contribution in [0.4, 0.5) is 0 Å². The zero-order valence-corrected chi connectivity index (χ0v) is 11.2. The average Bonchev–Trinajstić information content (AvgIpc) is 3.12. The second-order valence-corrected chi connectivity index (χ2v) is 5.21. The molecule has 0 bridgehead atoms. The molecule has 94 valence electrons. The van der Waals surface area contributed by atoms with Crippen molar-refractivity contribution in [2.45, 2.75) is 32.2 Å². The summed E-state index contributed by atoms with van der Waals surface area (Å²) < 4.78 is 0. The molecule has 1 fully saturated rings. The van der Waals surface area contributed by atoms with Crippen molar-refractivity contribution >= 4 is 0 Å². The van der Waals surface area contributed by atoms with E-state index in [0.29, 0.717) is 11.5 Å². The Morgan fingerprint density at radius 1 is 1.18 bits per heavy atom. The first-order chi connectivity index (χ1) is 8.25. The maximum absolute atomic E-state index is 3.50. The monoisotopic (exact) mass is 232 g/mol. The Morgan fingerprint density at radius 2 is 1.82 bits per heavy atom. The molecule has 1 aliphatic carbocycles. The van der Waals surface area contributed by atoms with Gasteiger partial charge in [-0.1, -0.05) is 31.2 Å². The maximum Gasteiger partial charge on any atom is 0.0386 e. The van der Waals surface area contributed by atoms with Crippen LogP contribution < -0.4 is 10.6 Å². The Hall–Kier alpha value is -0.860. The molecule has 0 amide bonds. The highest BCUT2D eigenvalue weighted by atomic mass is 15.0. The Bertz CT molecular complexity index is 352. The van der Waals surface area contributed by atoms with Crippen LogP contribution in [0, 0.1) is 5.41 Å². The topological polar surface area (TPSA) is 24.1 Å². The SMILES string of the molecule is CCc1ccc(C(NC)C2(CNC)CC2)cc1. The predicted octanol–water partition coefficient (Wildman–Crippen LogP) is 2.51. The van der Waals surface area contributed by atoms with Crippen LogP contribution in [0.5, 0.6) is 0 Å². The Labute approximate surface area is 105 Å². The molecule has 0 aliphatic heterocycles. The first kappa shape index (κ1) is 12.6. The minimum atomic E-state index is 0.442. The third kappa shape index (κ3) is 2.53. The normalized spacial score (nSPS) is 19.0. The molecule has 2 N–H and O–H groups in total. The molecule has 2 nitrogen and oxygen atoms in total. The summed E-state index contributed by atoms with van der Waals surface area (Å²) in [4.78, 5) is 0. The fourth-order valence-electron chi connectivity index (χ4n) is 2.85. The van der Waals surface area contributed by atoms with Crippen molar-refractivity contribution < 1.29 is 0 Å². The van der Waals surface area contributed by atoms with E-state index in [1.165, 1.54) is 24.0 Å². The summed E-state index contributed by atoms with van der Waals surface area (Å²) in [5, 5.41) is 6.84. The van der Waals surface area contributed by atoms with Crippen molar-refractivity contribution in [3.05, 3.63) is 35.4 Å². The summed E-state index contributed by atoms with van der Waals surface area (Å²) in [6.07, 6.45) is 3.77. The molecule has 1 saturated carbocycles. The quantitative estimate of drug-likeness (QED) is 0.787. The fourth-order valence-corrected chi connectivity index (χ4v) is 2.85. The molecule has 2 rings (SSSR count). The number of rotatable bonds is 6. The molecular weight excluding hydrogens is 208 g/mol. The van der Waals surface area contributed by atoms with E-state index in [1.807, 2.05) is 7.05 Å². The third-order valence-electron chi connectivity index (χ3n) is 4.04. The molecule has 0 saturated heterocycles. The highest BCUT2D eigenvalue weighted by Crippen LogP contribution is 2.54. The van der Waals surface area contributed by atoms with E-state index in [0.717, 1.165) is 13.0 Å². The van der Waals surface area contributed by atoms with Crippen LogP contribution >= 0.6 is 0 Å². The van der Waals surface area contributed by atoms with Crippen molar-refractivity contribution in [2.75, 3.05) is 20.6 Å². The molecule has 1 aromatic rings. The molecular formula is C15H24N2. The van der Waals surface area contributed by atoms with Gasteiger partial charge >= 0.3 is 0 Å². The van der Waals surface area contributed by atoms with E-state index >= 15 is 0 Å². The van der Waals surface area contributed by atoms with Gasteiger partial charge in [-0.3, -0.25) is 0 Å². The second kappa shape index (κ2) is 5.19. The summed E-state index contributed by atoms with van der Waals surface area (Å²) in [6, 6.07) is 9.58. The Kier molecular flexibility index (Phi) is 3.85. The highest BCUT2D eigenvalue weighted by Gasteiger charge is 2.48. The lowest BCUT2D eigenvalue weighted by atomic mass is 9.89. The summed E-state index contributed by atoms with van der Waals surface area (Å²) in [7, 11) is 4.13. The molecule has 0 heterocycles. The van der Waals surface area contributed by atoms with Gasteiger partial charge in [0.05, 0.1) is 0 Å². The van der Waals surface area contributed by atoms with Crippen LogP contribution in [0.3, 0.4) is 0 Å². The van der Waals surface area contributed by atoms with Crippen molar-refractivity contribution in [3.63, 3.8) is 0 Å². The van der Waals surface area contributed by atoms with Crippen molar-refractivity contribution in [1.29, 1.82) is 0 Å². The molecule has 2 heteroatoms. The average molecular weight is 232 g/mol. The molecule has 1 aliphatic rings. The van der Waals surface area contributed by atoms with Crippen molar-refractivity contribution in [2.24, 2.45) is 5.41 Å². The van der Waals surface area contributed by atoms with E-state index in [9.17, 15) is 0 Å². The van der Waals surface area contributed by atoms with Gasteiger partial charge in [0.2, 0.25) is 0 Å². The van der Waals surface area contributed by atoms with Crippen molar-refractivity contribution in [3.8, 4) is 0 Å². The van der Waals surface area contributed by atoms with E-state index in [2.05, 4.69) is 48.9 Å². The summed E-state index contributed by atoms with van der Waals surface area (Å²) in [5.41, 5.74) is 3.29.